The number of nitrogens with zero attached hydrogens (tertiary/aromatic N) is 2. The number of rotatable bonds is 6. The summed E-state index contributed by atoms with van der Waals surface area (Å²) in [6.07, 6.45) is -46.5. The van der Waals surface area contributed by atoms with E-state index in [9.17, 15) is 96.6 Å². The van der Waals surface area contributed by atoms with Crippen molar-refractivity contribution in [3.63, 3.8) is 0 Å². The lowest BCUT2D eigenvalue weighted by atomic mass is 10.1. The minimum atomic E-state index is -7.05. The number of hydrogen-bond acceptors (Lipinski definition) is 6. The van der Waals surface area contributed by atoms with Crippen LogP contribution in [-0.4, -0.2) is 108 Å². The number of alkyl halides is 22. The zero-order valence-corrected chi connectivity index (χ0v) is 19.6. The third-order valence-electron chi connectivity index (χ3n) is 5.97. The van der Waals surface area contributed by atoms with Gasteiger partial charge in [-0.2, -0.15) is 87.8 Å². The highest BCUT2D eigenvalue weighted by Crippen LogP contribution is 2.60. The molecule has 44 heavy (non-hydrogen) atoms. The Morgan fingerprint density at radius 3 is 0.841 bits per heavy atom. The summed E-state index contributed by atoms with van der Waals surface area (Å²) in [5.74, 6) is -12.5. The summed E-state index contributed by atoms with van der Waals surface area (Å²) in [7, 11) is 0. The molecule has 3 rings (SSSR count). The van der Waals surface area contributed by atoms with Gasteiger partial charge in [0.1, 0.15) is 12.2 Å². The fourth-order valence-electron chi connectivity index (χ4n) is 3.65. The highest BCUT2D eigenvalue weighted by Gasteiger charge is 2.87. The van der Waals surface area contributed by atoms with Gasteiger partial charge < -0.3 is 9.47 Å². The van der Waals surface area contributed by atoms with Gasteiger partial charge in [-0.1, -0.05) is 0 Å². The molecule has 0 spiro atoms. The van der Waals surface area contributed by atoms with Crippen LogP contribution in [0.1, 0.15) is 0 Å². The van der Waals surface area contributed by atoms with E-state index in [0.717, 1.165) is 0 Å². The summed E-state index contributed by atoms with van der Waals surface area (Å²) >= 11 is 0. The van der Waals surface area contributed by atoms with E-state index in [2.05, 4.69) is 9.47 Å². The monoisotopic (exact) mass is 710 g/mol. The van der Waals surface area contributed by atoms with Crippen molar-refractivity contribution in [3.8, 4) is 0 Å². The molecule has 3 aliphatic heterocycles. The van der Waals surface area contributed by atoms with Gasteiger partial charge in [0, 0.05) is 0 Å². The summed E-state index contributed by atoms with van der Waals surface area (Å²) < 4.78 is 314. The molecule has 0 amide bonds. The Hall–Kier alpha value is -1.78. The lowest BCUT2D eigenvalue weighted by molar-refractivity contribution is -0.576. The molecule has 0 bridgehead atoms. The first-order valence-corrected chi connectivity index (χ1v) is 10.5. The number of hydrogen-bond donors (Lipinski definition) is 0. The number of ether oxygens (including phenoxy) is 4. The molecule has 0 radical (unpaired) electrons. The van der Waals surface area contributed by atoms with Crippen molar-refractivity contribution in [2.24, 2.45) is 0 Å². The molecule has 260 valence electrons. The Morgan fingerprint density at radius 1 is 0.455 bits per heavy atom. The molecular formula is C16H8F22N2O4. The zero-order chi connectivity index (χ0) is 34.7. The van der Waals surface area contributed by atoms with Gasteiger partial charge in [-0.15, -0.1) is 9.80 Å². The second kappa shape index (κ2) is 9.86. The van der Waals surface area contributed by atoms with Crippen LogP contribution in [0.4, 0.5) is 96.6 Å². The smallest absolute Gasteiger partial charge is 0.366 e. The summed E-state index contributed by atoms with van der Waals surface area (Å²) in [6, 6.07) is -28.2. The molecule has 3 aliphatic rings. The van der Waals surface area contributed by atoms with E-state index in [1.807, 2.05) is 9.47 Å². The maximum atomic E-state index is 14.5. The normalized spacial score (nSPS) is 34.2. The molecule has 0 aromatic heterocycles. The van der Waals surface area contributed by atoms with Crippen molar-refractivity contribution in [2.75, 3.05) is 13.2 Å². The van der Waals surface area contributed by atoms with Crippen LogP contribution in [-0.2, 0) is 18.9 Å². The lowest BCUT2D eigenvalue weighted by Gasteiger charge is -2.50. The quantitative estimate of drug-likeness (QED) is 0.248. The molecule has 0 N–H and O–H groups in total. The molecule has 3 fully saturated rings. The van der Waals surface area contributed by atoms with Gasteiger partial charge >= 0.3 is 60.5 Å². The number of morpholine rings is 2. The van der Waals surface area contributed by atoms with E-state index >= 15 is 0 Å². The van der Waals surface area contributed by atoms with Crippen LogP contribution in [0, 0.1) is 0 Å². The van der Waals surface area contributed by atoms with Gasteiger partial charge in [-0.25, -0.2) is 18.3 Å². The summed E-state index contributed by atoms with van der Waals surface area (Å²) in [4.78, 5) is -6.76. The lowest BCUT2D eigenvalue weighted by Crippen LogP contribution is -2.78. The minimum Gasteiger partial charge on any atom is -0.366 e. The Morgan fingerprint density at radius 2 is 0.659 bits per heavy atom. The Kier molecular flexibility index (Phi) is 8.22. The van der Waals surface area contributed by atoms with Gasteiger partial charge in [0.2, 0.25) is 12.6 Å². The van der Waals surface area contributed by atoms with Crippen LogP contribution >= 0.6 is 0 Å². The van der Waals surface area contributed by atoms with Gasteiger partial charge in [0.05, 0.1) is 13.2 Å². The van der Waals surface area contributed by atoms with Crippen LogP contribution in [0.15, 0.2) is 0 Å². The maximum absolute atomic E-state index is 14.5. The standard InChI is InChI=1S/C16H8F22N2O4/c17-5(39-9(23,24)13(31,32)43-14(33,34)10(39,25)26)7(19,20)3-1-41-4(2-42-3)8(21,22)6(18)40-11(27,28)15(35,36)44-16(37,38)12(40,29)30/h3-6H,1-2H2. The average Bonchev–Trinajstić information content (AvgIpc) is 2.80. The minimum absolute atomic E-state index is 1.90. The summed E-state index contributed by atoms with van der Waals surface area (Å²) in [5.41, 5.74) is 0. The molecule has 3 saturated heterocycles. The fourth-order valence-corrected chi connectivity index (χ4v) is 3.65. The van der Waals surface area contributed by atoms with Crippen LogP contribution in [0.5, 0.6) is 0 Å². The van der Waals surface area contributed by atoms with E-state index < -0.39 is 108 Å². The number of halogens is 22. The maximum Gasteiger partial charge on any atom is 0.439 e. The van der Waals surface area contributed by atoms with Crippen molar-refractivity contribution in [1.82, 2.24) is 9.80 Å². The van der Waals surface area contributed by atoms with Crippen molar-refractivity contribution in [2.45, 2.75) is 85.3 Å². The Balaban J connectivity index is 1.87. The zero-order valence-electron chi connectivity index (χ0n) is 19.6. The van der Waals surface area contributed by atoms with Crippen molar-refractivity contribution < 1.29 is 116 Å². The molecule has 0 aromatic rings. The van der Waals surface area contributed by atoms with Gasteiger partial charge in [0.15, 0.2) is 0 Å². The second-order valence-electron chi connectivity index (χ2n) is 8.84. The molecule has 3 heterocycles. The molecule has 4 atom stereocenters. The first-order chi connectivity index (χ1) is 19.2. The molecule has 6 nitrogen and oxygen atoms in total. The van der Waals surface area contributed by atoms with Gasteiger partial charge in [0.25, 0.3) is 0 Å². The van der Waals surface area contributed by atoms with E-state index in [4.69, 9.17) is 0 Å². The molecule has 0 aromatic carbocycles. The first-order valence-electron chi connectivity index (χ1n) is 10.5. The second-order valence-corrected chi connectivity index (χ2v) is 8.84. The molecule has 4 unspecified atom stereocenters. The highest BCUT2D eigenvalue weighted by atomic mass is 19.4. The molecule has 28 heteroatoms. The van der Waals surface area contributed by atoms with Crippen LogP contribution in [0.25, 0.3) is 0 Å². The molecular weight excluding hydrogens is 702 g/mol. The van der Waals surface area contributed by atoms with Crippen molar-refractivity contribution in [3.05, 3.63) is 0 Å². The van der Waals surface area contributed by atoms with Crippen molar-refractivity contribution >= 4 is 0 Å². The van der Waals surface area contributed by atoms with Crippen LogP contribution in [0.3, 0.4) is 0 Å². The van der Waals surface area contributed by atoms with E-state index in [1.165, 1.54) is 0 Å². The largest absolute Gasteiger partial charge is 0.439 e. The third kappa shape index (κ3) is 4.91. The van der Waals surface area contributed by atoms with E-state index in [-0.39, 0.29) is 0 Å². The van der Waals surface area contributed by atoms with E-state index in [0.29, 0.717) is 0 Å². The summed E-state index contributed by atoms with van der Waals surface area (Å²) in [5, 5.41) is 0. The van der Waals surface area contributed by atoms with E-state index in [1.54, 1.807) is 0 Å². The highest BCUT2D eigenvalue weighted by molar-refractivity contribution is 5.03. The molecule has 0 aliphatic carbocycles. The third-order valence-corrected chi connectivity index (χ3v) is 5.97. The average molecular weight is 710 g/mol. The SMILES string of the molecule is FC(N1C(F)(F)C(F)(F)OC(F)(F)C1(F)F)C(F)(F)C1COC(C(F)(F)C(F)N2C(F)(F)C(F)(F)OC(F)(F)C2(F)F)CO1. The fraction of sp³-hybridized carbons (Fsp3) is 1.00. The van der Waals surface area contributed by atoms with Gasteiger partial charge in [-0.05, 0) is 0 Å². The Bertz CT molecular complexity index is 958. The topological polar surface area (TPSA) is 43.4 Å². The first kappa shape index (κ1) is 36.7. The predicted octanol–water partition coefficient (Wildman–Crippen LogP) is 6.04. The van der Waals surface area contributed by atoms with Gasteiger partial charge in [-0.3, -0.25) is 0 Å². The predicted molar refractivity (Wildman–Crippen MR) is 84.6 cm³/mol. The summed E-state index contributed by atoms with van der Waals surface area (Å²) in [6.45, 7) is -5.17. The van der Waals surface area contributed by atoms with Crippen molar-refractivity contribution in [1.29, 1.82) is 0 Å². The Labute approximate surface area is 225 Å². The molecule has 0 saturated carbocycles. The van der Waals surface area contributed by atoms with Crippen LogP contribution < -0.4 is 0 Å². The van der Waals surface area contributed by atoms with Crippen LogP contribution in [0.2, 0.25) is 0 Å².